The van der Waals surface area contributed by atoms with Crippen molar-refractivity contribution in [1.82, 2.24) is 4.98 Å². The summed E-state index contributed by atoms with van der Waals surface area (Å²) >= 11 is 0. The Bertz CT molecular complexity index is 325. The molecule has 1 fully saturated rings. The van der Waals surface area contributed by atoms with Crippen molar-refractivity contribution in [3.05, 3.63) is 18.3 Å². The second-order valence-corrected chi connectivity index (χ2v) is 4.00. The van der Waals surface area contributed by atoms with Crippen LogP contribution in [0.4, 0.5) is 5.69 Å². The number of nitrogens with zero attached hydrogens (tertiary/aromatic N) is 1. The third-order valence-corrected chi connectivity index (χ3v) is 2.89. The van der Waals surface area contributed by atoms with E-state index in [-0.39, 0.29) is 0 Å². The molecule has 0 unspecified atom stereocenters. The average Bonchev–Trinajstić information content (AvgIpc) is 2.38. The topological polar surface area (TPSA) is 43.4 Å². The molecule has 1 aliphatic rings. The summed E-state index contributed by atoms with van der Waals surface area (Å²) in [5, 5.41) is 3.39. The molecule has 16 heavy (non-hydrogen) atoms. The quantitative estimate of drug-likeness (QED) is 0.845. The van der Waals surface area contributed by atoms with E-state index in [0.29, 0.717) is 11.8 Å². The Morgan fingerprint density at radius 2 is 2.31 bits per heavy atom. The molecule has 0 radical (unpaired) electrons. The molecule has 1 aliphatic heterocycles. The van der Waals surface area contributed by atoms with Gasteiger partial charge in [0, 0.05) is 26.0 Å². The van der Waals surface area contributed by atoms with E-state index in [1.54, 1.807) is 13.3 Å². The summed E-state index contributed by atoms with van der Waals surface area (Å²) in [6.07, 6.45) is 4.00. The number of methoxy groups -OCH3 is 1. The van der Waals surface area contributed by atoms with Crippen LogP contribution in [0.25, 0.3) is 0 Å². The molecule has 0 amide bonds. The van der Waals surface area contributed by atoms with Gasteiger partial charge in [0.1, 0.15) is 0 Å². The van der Waals surface area contributed by atoms with E-state index in [0.717, 1.165) is 38.3 Å². The Morgan fingerprint density at radius 3 is 3.06 bits per heavy atom. The lowest BCUT2D eigenvalue weighted by Gasteiger charge is -2.22. The van der Waals surface area contributed by atoms with Crippen molar-refractivity contribution in [2.24, 2.45) is 5.92 Å². The Labute approximate surface area is 96.0 Å². The van der Waals surface area contributed by atoms with Crippen LogP contribution in [0.2, 0.25) is 0 Å². The minimum atomic E-state index is 0.662. The lowest BCUT2D eigenvalue weighted by Crippen LogP contribution is -2.22. The molecule has 0 aromatic carbocycles. The van der Waals surface area contributed by atoms with Crippen molar-refractivity contribution >= 4 is 5.69 Å². The van der Waals surface area contributed by atoms with E-state index < -0.39 is 0 Å². The number of pyridine rings is 1. The third kappa shape index (κ3) is 2.85. The van der Waals surface area contributed by atoms with Crippen molar-refractivity contribution in [1.29, 1.82) is 0 Å². The van der Waals surface area contributed by atoms with Gasteiger partial charge in [0.05, 0.1) is 12.8 Å². The molecule has 0 saturated carbocycles. The SMILES string of the molecule is COc1ncccc1NCC1CCOCC1. The summed E-state index contributed by atoms with van der Waals surface area (Å²) in [5.41, 5.74) is 0.969. The summed E-state index contributed by atoms with van der Waals surface area (Å²) in [6.45, 7) is 2.73. The Kier molecular flexibility index (Phi) is 3.99. The first-order valence-electron chi connectivity index (χ1n) is 5.71. The monoisotopic (exact) mass is 222 g/mol. The highest BCUT2D eigenvalue weighted by Gasteiger charge is 2.14. The van der Waals surface area contributed by atoms with Crippen LogP contribution < -0.4 is 10.1 Å². The van der Waals surface area contributed by atoms with Gasteiger partial charge in [0.25, 0.3) is 0 Å². The molecule has 0 aliphatic carbocycles. The predicted molar refractivity (Wildman–Crippen MR) is 62.8 cm³/mol. The molecule has 1 saturated heterocycles. The second-order valence-electron chi connectivity index (χ2n) is 4.00. The van der Waals surface area contributed by atoms with Crippen molar-refractivity contribution in [3.63, 3.8) is 0 Å². The van der Waals surface area contributed by atoms with E-state index in [4.69, 9.17) is 9.47 Å². The minimum absolute atomic E-state index is 0.662. The highest BCUT2D eigenvalue weighted by Crippen LogP contribution is 2.22. The minimum Gasteiger partial charge on any atom is -0.480 e. The molecule has 1 aromatic heterocycles. The fourth-order valence-corrected chi connectivity index (χ4v) is 1.89. The van der Waals surface area contributed by atoms with Crippen molar-refractivity contribution < 1.29 is 9.47 Å². The Morgan fingerprint density at radius 1 is 1.50 bits per heavy atom. The molecular formula is C12H18N2O2. The first kappa shape index (κ1) is 11.2. The molecule has 4 nitrogen and oxygen atoms in total. The first-order chi connectivity index (χ1) is 7.90. The number of hydrogen-bond donors (Lipinski definition) is 1. The number of nitrogens with one attached hydrogen (secondary N) is 1. The zero-order valence-corrected chi connectivity index (χ0v) is 9.61. The van der Waals surface area contributed by atoms with Crippen LogP contribution in [0.5, 0.6) is 5.88 Å². The maximum absolute atomic E-state index is 5.33. The number of hydrogen-bond acceptors (Lipinski definition) is 4. The number of rotatable bonds is 4. The molecule has 0 spiro atoms. The first-order valence-corrected chi connectivity index (χ1v) is 5.71. The van der Waals surface area contributed by atoms with Gasteiger partial charge >= 0.3 is 0 Å². The number of anilines is 1. The lowest BCUT2D eigenvalue weighted by molar-refractivity contribution is 0.0699. The van der Waals surface area contributed by atoms with Gasteiger partial charge in [0.2, 0.25) is 5.88 Å². The normalized spacial score (nSPS) is 17.1. The summed E-state index contributed by atoms with van der Waals surface area (Å²) in [4.78, 5) is 4.15. The summed E-state index contributed by atoms with van der Waals surface area (Å²) in [7, 11) is 1.64. The van der Waals surface area contributed by atoms with E-state index >= 15 is 0 Å². The summed E-state index contributed by atoms with van der Waals surface area (Å²) in [5.74, 6) is 1.35. The van der Waals surface area contributed by atoms with Gasteiger partial charge in [-0.1, -0.05) is 0 Å². The Balaban J connectivity index is 1.88. The van der Waals surface area contributed by atoms with Crippen LogP contribution >= 0.6 is 0 Å². The summed E-state index contributed by atoms with van der Waals surface area (Å²) in [6, 6.07) is 3.90. The van der Waals surface area contributed by atoms with Gasteiger partial charge in [-0.15, -0.1) is 0 Å². The van der Waals surface area contributed by atoms with Crippen molar-refractivity contribution in [3.8, 4) is 5.88 Å². The fourth-order valence-electron chi connectivity index (χ4n) is 1.89. The van der Waals surface area contributed by atoms with Crippen LogP contribution in [0.1, 0.15) is 12.8 Å². The van der Waals surface area contributed by atoms with Crippen LogP contribution in [0.3, 0.4) is 0 Å². The number of ether oxygens (including phenoxy) is 2. The highest BCUT2D eigenvalue weighted by molar-refractivity contribution is 5.51. The largest absolute Gasteiger partial charge is 0.480 e. The van der Waals surface area contributed by atoms with E-state index in [1.165, 1.54) is 0 Å². The molecule has 0 atom stereocenters. The molecule has 2 heterocycles. The van der Waals surface area contributed by atoms with Gasteiger partial charge in [-0.05, 0) is 30.9 Å². The fraction of sp³-hybridized carbons (Fsp3) is 0.583. The predicted octanol–water partition coefficient (Wildman–Crippen LogP) is 1.93. The lowest BCUT2D eigenvalue weighted by atomic mass is 10.0. The second kappa shape index (κ2) is 5.70. The van der Waals surface area contributed by atoms with E-state index in [2.05, 4.69) is 10.3 Å². The Hall–Kier alpha value is -1.29. The number of aromatic nitrogens is 1. The molecule has 4 heteroatoms. The average molecular weight is 222 g/mol. The zero-order valence-electron chi connectivity index (χ0n) is 9.61. The highest BCUT2D eigenvalue weighted by atomic mass is 16.5. The van der Waals surface area contributed by atoms with E-state index in [9.17, 15) is 0 Å². The van der Waals surface area contributed by atoms with Gasteiger partial charge in [-0.2, -0.15) is 0 Å². The molecule has 1 aromatic rings. The molecule has 1 N–H and O–H groups in total. The van der Waals surface area contributed by atoms with Gasteiger partial charge in [-0.25, -0.2) is 4.98 Å². The van der Waals surface area contributed by atoms with Crippen LogP contribution in [-0.2, 0) is 4.74 Å². The molecular weight excluding hydrogens is 204 g/mol. The van der Waals surface area contributed by atoms with Crippen molar-refractivity contribution in [2.75, 3.05) is 32.2 Å². The van der Waals surface area contributed by atoms with Gasteiger partial charge < -0.3 is 14.8 Å². The van der Waals surface area contributed by atoms with Crippen LogP contribution in [0, 0.1) is 5.92 Å². The van der Waals surface area contributed by atoms with E-state index in [1.807, 2.05) is 12.1 Å². The standard InChI is InChI=1S/C12H18N2O2/c1-15-12-11(3-2-6-13-12)14-9-10-4-7-16-8-5-10/h2-3,6,10,14H,4-5,7-9H2,1H3. The van der Waals surface area contributed by atoms with Crippen LogP contribution in [-0.4, -0.2) is 31.9 Å². The molecule has 0 bridgehead atoms. The smallest absolute Gasteiger partial charge is 0.237 e. The third-order valence-electron chi connectivity index (χ3n) is 2.89. The summed E-state index contributed by atoms with van der Waals surface area (Å²) < 4.78 is 10.5. The maximum atomic E-state index is 5.33. The van der Waals surface area contributed by atoms with Gasteiger partial charge in [0.15, 0.2) is 0 Å². The van der Waals surface area contributed by atoms with Crippen molar-refractivity contribution in [2.45, 2.75) is 12.8 Å². The zero-order chi connectivity index (χ0) is 11.2. The molecule has 88 valence electrons. The van der Waals surface area contributed by atoms with Crippen LogP contribution in [0.15, 0.2) is 18.3 Å². The molecule has 2 rings (SSSR count). The maximum Gasteiger partial charge on any atom is 0.237 e. The van der Waals surface area contributed by atoms with Gasteiger partial charge in [-0.3, -0.25) is 0 Å².